The predicted molar refractivity (Wildman–Crippen MR) is 123 cm³/mol. The average molecular weight is 441 g/mol. The minimum atomic E-state index is -0.651. The van der Waals surface area contributed by atoms with E-state index in [0.717, 1.165) is 22.0 Å². The number of hydrogen-bond donors (Lipinski definition) is 1. The van der Waals surface area contributed by atoms with Crippen LogP contribution in [0.1, 0.15) is 32.0 Å². The molecule has 30 heavy (non-hydrogen) atoms. The van der Waals surface area contributed by atoms with E-state index in [9.17, 15) is 4.79 Å². The van der Waals surface area contributed by atoms with Gasteiger partial charge in [0, 0.05) is 11.9 Å². The van der Waals surface area contributed by atoms with E-state index in [1.807, 2.05) is 73.9 Å². The van der Waals surface area contributed by atoms with Crippen molar-refractivity contribution in [1.29, 1.82) is 0 Å². The summed E-state index contributed by atoms with van der Waals surface area (Å²) in [7, 11) is 0. The van der Waals surface area contributed by atoms with E-state index in [1.165, 1.54) is 0 Å². The van der Waals surface area contributed by atoms with Gasteiger partial charge in [-0.1, -0.05) is 59.6 Å². The van der Waals surface area contributed by atoms with Crippen LogP contribution in [0.5, 0.6) is 0 Å². The van der Waals surface area contributed by atoms with E-state index in [2.05, 4.69) is 0 Å². The van der Waals surface area contributed by atoms with Gasteiger partial charge in [0.1, 0.15) is 5.60 Å². The van der Waals surface area contributed by atoms with Crippen molar-refractivity contribution in [1.82, 2.24) is 4.57 Å². The third kappa shape index (κ3) is 3.62. The molecule has 2 N–H and O–H groups in total. The van der Waals surface area contributed by atoms with Crippen LogP contribution >= 0.6 is 23.2 Å². The van der Waals surface area contributed by atoms with Crippen molar-refractivity contribution in [3.8, 4) is 0 Å². The van der Waals surface area contributed by atoms with E-state index >= 15 is 0 Å². The Morgan fingerprint density at radius 1 is 1.10 bits per heavy atom. The first-order chi connectivity index (χ1) is 14.2. The first kappa shape index (κ1) is 20.6. The number of benzene rings is 2. The Morgan fingerprint density at radius 2 is 1.80 bits per heavy atom. The summed E-state index contributed by atoms with van der Waals surface area (Å²) in [5.41, 5.74) is 9.93. The zero-order valence-corrected chi connectivity index (χ0v) is 18.5. The van der Waals surface area contributed by atoms with Gasteiger partial charge in [0.25, 0.3) is 0 Å². The van der Waals surface area contributed by atoms with E-state index in [0.29, 0.717) is 33.6 Å². The minimum Gasteiger partial charge on any atom is -0.456 e. The van der Waals surface area contributed by atoms with Gasteiger partial charge in [0.05, 0.1) is 32.5 Å². The first-order valence-electron chi connectivity index (χ1n) is 9.64. The van der Waals surface area contributed by atoms with Crippen molar-refractivity contribution in [3.05, 3.63) is 81.5 Å². The Morgan fingerprint density at radius 3 is 2.47 bits per heavy atom. The fraction of sp³-hybridized carbons (Fsp3) is 0.208. The summed E-state index contributed by atoms with van der Waals surface area (Å²) in [6, 6.07) is 15.3. The van der Waals surface area contributed by atoms with Gasteiger partial charge in [-0.15, -0.1) is 0 Å². The highest BCUT2D eigenvalue weighted by atomic mass is 35.5. The largest absolute Gasteiger partial charge is 0.456 e. The number of rotatable bonds is 2. The molecule has 6 heteroatoms. The number of fused-ring (bicyclic) bond motifs is 3. The van der Waals surface area contributed by atoms with Gasteiger partial charge in [-0.25, -0.2) is 4.79 Å². The van der Waals surface area contributed by atoms with Gasteiger partial charge in [-0.05, 0) is 50.1 Å². The third-order valence-corrected chi connectivity index (χ3v) is 5.77. The van der Waals surface area contributed by atoms with Gasteiger partial charge in [-0.2, -0.15) is 0 Å². The van der Waals surface area contributed by atoms with Crippen LogP contribution in [-0.2, 0) is 16.1 Å². The molecule has 0 atom stereocenters. The molecule has 1 aliphatic heterocycles. The summed E-state index contributed by atoms with van der Waals surface area (Å²) in [5, 5.41) is 1.73. The molecule has 0 aliphatic carbocycles. The highest BCUT2D eigenvalue weighted by Crippen LogP contribution is 2.38. The molecule has 0 spiro atoms. The van der Waals surface area contributed by atoms with Crippen LogP contribution in [-0.4, -0.2) is 16.1 Å². The summed E-state index contributed by atoms with van der Waals surface area (Å²) >= 11 is 12.6. The number of esters is 1. The molecular weight excluding hydrogens is 419 g/mol. The van der Waals surface area contributed by atoms with Crippen LogP contribution in [0.2, 0.25) is 10.0 Å². The second-order valence-corrected chi connectivity index (χ2v) is 8.99. The zero-order chi connectivity index (χ0) is 21.6. The molecule has 0 bridgehead atoms. The number of allylic oxidation sites excluding steroid dienone is 1. The number of carbonyl (C=O) groups is 1. The number of carbonyl (C=O) groups excluding carboxylic acids is 1. The number of nitrogens with two attached hydrogens (primary N) is 1. The van der Waals surface area contributed by atoms with Crippen molar-refractivity contribution in [2.75, 3.05) is 0 Å². The Hall–Kier alpha value is -2.69. The van der Waals surface area contributed by atoms with E-state index in [-0.39, 0.29) is 0 Å². The highest BCUT2D eigenvalue weighted by molar-refractivity contribution is 6.45. The molecule has 1 aromatic heterocycles. The maximum Gasteiger partial charge on any atom is 0.341 e. The lowest BCUT2D eigenvalue weighted by Crippen LogP contribution is -2.26. The average Bonchev–Trinajstić information content (AvgIpc) is 2.99. The molecule has 0 saturated carbocycles. The molecule has 154 valence electrons. The Labute approximate surface area is 185 Å². The first-order valence-corrected chi connectivity index (χ1v) is 10.4. The van der Waals surface area contributed by atoms with Crippen molar-refractivity contribution >= 4 is 51.3 Å². The Bertz CT molecular complexity index is 1220. The number of aromatic nitrogens is 1. The normalized spacial score (nSPS) is 14.4. The summed E-state index contributed by atoms with van der Waals surface area (Å²) in [4.78, 5) is 13.2. The second kappa shape index (κ2) is 7.53. The lowest BCUT2D eigenvalue weighted by Gasteiger charge is -2.22. The monoisotopic (exact) mass is 440 g/mol. The predicted octanol–water partition coefficient (Wildman–Crippen LogP) is 6.06. The van der Waals surface area contributed by atoms with Crippen molar-refractivity contribution in [2.45, 2.75) is 32.9 Å². The molecule has 0 radical (unpaired) electrons. The van der Waals surface area contributed by atoms with Crippen LogP contribution < -0.4 is 5.73 Å². The van der Waals surface area contributed by atoms with Crippen molar-refractivity contribution in [3.63, 3.8) is 0 Å². The molecular formula is C24H22Cl2N2O2. The Kier molecular flexibility index (Phi) is 5.16. The SMILES string of the molecule is CC(C)(C)OC(=O)C1=C(N)c2cc3c(Cl)c(Cl)ccc3n2CC=C1c1ccccc1. The summed E-state index contributed by atoms with van der Waals surface area (Å²) in [6.07, 6.45) is 2.00. The molecule has 0 amide bonds. The maximum atomic E-state index is 13.2. The number of nitrogens with zero attached hydrogens (tertiary/aromatic N) is 1. The zero-order valence-electron chi connectivity index (χ0n) is 17.0. The Balaban J connectivity index is 1.98. The highest BCUT2D eigenvalue weighted by Gasteiger charge is 2.29. The molecule has 3 aromatic rings. The van der Waals surface area contributed by atoms with Crippen LogP contribution in [0.25, 0.3) is 22.2 Å². The van der Waals surface area contributed by atoms with E-state index in [1.54, 1.807) is 6.07 Å². The van der Waals surface area contributed by atoms with Crippen LogP contribution in [0, 0.1) is 0 Å². The van der Waals surface area contributed by atoms with E-state index < -0.39 is 11.6 Å². The minimum absolute atomic E-state index is 0.347. The second-order valence-electron chi connectivity index (χ2n) is 8.21. The molecule has 2 aromatic carbocycles. The number of hydrogen-bond acceptors (Lipinski definition) is 3. The maximum absolute atomic E-state index is 13.2. The van der Waals surface area contributed by atoms with Crippen LogP contribution in [0.3, 0.4) is 0 Å². The van der Waals surface area contributed by atoms with Gasteiger partial charge >= 0.3 is 5.97 Å². The molecule has 2 heterocycles. The summed E-state index contributed by atoms with van der Waals surface area (Å²) in [5.74, 6) is -0.460. The summed E-state index contributed by atoms with van der Waals surface area (Å²) < 4.78 is 7.75. The van der Waals surface area contributed by atoms with E-state index in [4.69, 9.17) is 33.7 Å². The lowest BCUT2D eigenvalue weighted by molar-refractivity contribution is -0.149. The van der Waals surface area contributed by atoms with Gasteiger partial charge in [-0.3, -0.25) is 0 Å². The van der Waals surface area contributed by atoms with Gasteiger partial charge in [0.15, 0.2) is 0 Å². The standard InChI is InChI=1S/C24H22Cl2N2O2/c1-24(2,3)30-23(29)20-15(14-7-5-4-6-8-14)11-12-28-18-10-9-17(25)21(26)16(18)13-19(28)22(20)27/h4-11,13H,12,27H2,1-3H3. The van der Waals surface area contributed by atoms with Crippen LogP contribution in [0.15, 0.2) is 60.2 Å². The van der Waals surface area contributed by atoms with Gasteiger partial charge in [0.2, 0.25) is 0 Å². The number of halogens is 2. The molecule has 1 aliphatic rings. The quantitative estimate of drug-likeness (QED) is 0.492. The molecule has 4 rings (SSSR count). The van der Waals surface area contributed by atoms with Crippen LogP contribution in [0.4, 0.5) is 0 Å². The molecule has 4 nitrogen and oxygen atoms in total. The fourth-order valence-corrected chi connectivity index (χ4v) is 4.06. The van der Waals surface area contributed by atoms with Crippen molar-refractivity contribution < 1.29 is 9.53 Å². The van der Waals surface area contributed by atoms with Gasteiger partial charge < -0.3 is 15.0 Å². The fourth-order valence-electron chi connectivity index (χ4n) is 3.68. The smallest absolute Gasteiger partial charge is 0.341 e. The lowest BCUT2D eigenvalue weighted by atomic mass is 9.95. The van der Waals surface area contributed by atoms with Crippen molar-refractivity contribution in [2.24, 2.45) is 5.73 Å². The molecule has 0 unspecified atom stereocenters. The number of ether oxygens (including phenoxy) is 1. The molecule has 0 fully saturated rings. The molecule has 0 saturated heterocycles. The third-order valence-electron chi connectivity index (χ3n) is 4.95. The summed E-state index contributed by atoms with van der Waals surface area (Å²) in [6.45, 7) is 6.03. The topological polar surface area (TPSA) is 57.2 Å².